The number of aromatic nitrogens is 2. The van der Waals surface area contributed by atoms with Crippen molar-refractivity contribution in [3.63, 3.8) is 0 Å². The van der Waals surface area contributed by atoms with Gasteiger partial charge in [-0.1, -0.05) is 23.8 Å². The number of anilines is 2. The first kappa shape index (κ1) is 19.9. The maximum atomic E-state index is 13.2. The number of aryl methyl sites for hydroxylation is 2. The summed E-state index contributed by atoms with van der Waals surface area (Å²) < 4.78 is 14.2. The van der Waals surface area contributed by atoms with Gasteiger partial charge in [0.15, 0.2) is 0 Å². The van der Waals surface area contributed by atoms with Crippen molar-refractivity contribution in [3.8, 4) is 0 Å². The molecule has 7 nitrogen and oxygen atoms in total. The van der Waals surface area contributed by atoms with Gasteiger partial charge in [-0.2, -0.15) is 5.10 Å². The Morgan fingerprint density at radius 2 is 1.76 bits per heavy atom. The Bertz CT molecular complexity index is 1090. The van der Waals surface area contributed by atoms with Crippen molar-refractivity contribution in [2.24, 2.45) is 0 Å². The summed E-state index contributed by atoms with van der Waals surface area (Å²) in [6, 6.07) is 15.3. The van der Waals surface area contributed by atoms with Crippen LogP contribution in [0.5, 0.6) is 0 Å². The molecular formula is C21H19FN4O3. The van der Waals surface area contributed by atoms with Crippen LogP contribution in [0, 0.1) is 12.7 Å². The lowest BCUT2D eigenvalue weighted by Gasteiger charge is -2.09. The molecule has 29 heavy (non-hydrogen) atoms. The molecule has 0 bridgehead atoms. The standard InChI is InChI=1S/C21H19FN4O3/c1-14-5-7-16(8-6-14)24-21(29)18-9-10-20(28)26(25-18)12-11-19(27)23-17-4-2-3-15(22)13-17/h2-10,13H,11-12H2,1H3,(H,23,27)(H,24,29). The lowest BCUT2D eigenvalue weighted by molar-refractivity contribution is -0.116. The number of amides is 2. The minimum atomic E-state index is -0.466. The van der Waals surface area contributed by atoms with Gasteiger partial charge in [-0.3, -0.25) is 14.4 Å². The van der Waals surface area contributed by atoms with Crippen LogP contribution in [0.2, 0.25) is 0 Å². The summed E-state index contributed by atoms with van der Waals surface area (Å²) in [5, 5.41) is 9.28. The van der Waals surface area contributed by atoms with Gasteiger partial charge in [0.25, 0.3) is 11.5 Å². The van der Waals surface area contributed by atoms with Crippen molar-refractivity contribution in [1.29, 1.82) is 0 Å². The number of nitrogens with one attached hydrogen (secondary N) is 2. The molecule has 0 saturated carbocycles. The highest BCUT2D eigenvalue weighted by Gasteiger charge is 2.11. The van der Waals surface area contributed by atoms with Gasteiger partial charge >= 0.3 is 0 Å². The molecule has 0 aliphatic rings. The van der Waals surface area contributed by atoms with E-state index in [9.17, 15) is 18.8 Å². The van der Waals surface area contributed by atoms with Crippen LogP contribution in [0.1, 0.15) is 22.5 Å². The van der Waals surface area contributed by atoms with E-state index in [2.05, 4.69) is 15.7 Å². The Hall–Kier alpha value is -3.81. The minimum absolute atomic E-state index is 0.0222. The summed E-state index contributed by atoms with van der Waals surface area (Å²) in [5.74, 6) is -1.33. The van der Waals surface area contributed by atoms with Crippen LogP contribution >= 0.6 is 0 Å². The lowest BCUT2D eigenvalue weighted by Crippen LogP contribution is -2.28. The Morgan fingerprint density at radius 3 is 2.48 bits per heavy atom. The summed E-state index contributed by atoms with van der Waals surface area (Å²) >= 11 is 0. The zero-order valence-corrected chi connectivity index (χ0v) is 15.7. The van der Waals surface area contributed by atoms with Crippen LogP contribution in [0.3, 0.4) is 0 Å². The van der Waals surface area contributed by atoms with Gasteiger partial charge in [-0.15, -0.1) is 0 Å². The normalized spacial score (nSPS) is 10.4. The topological polar surface area (TPSA) is 93.1 Å². The second-order valence-corrected chi connectivity index (χ2v) is 6.41. The molecule has 0 aliphatic carbocycles. The monoisotopic (exact) mass is 394 g/mol. The number of halogens is 1. The number of rotatable bonds is 6. The van der Waals surface area contributed by atoms with Crippen LogP contribution in [-0.2, 0) is 11.3 Å². The molecule has 0 saturated heterocycles. The fraction of sp³-hybridized carbons (Fsp3) is 0.143. The van der Waals surface area contributed by atoms with Gasteiger partial charge in [0.05, 0.1) is 6.54 Å². The summed E-state index contributed by atoms with van der Waals surface area (Å²) in [6.07, 6.45) is -0.0630. The number of benzene rings is 2. The van der Waals surface area contributed by atoms with E-state index in [1.165, 1.54) is 30.3 Å². The van der Waals surface area contributed by atoms with Crippen molar-refractivity contribution in [2.75, 3.05) is 10.6 Å². The second kappa shape index (κ2) is 8.92. The SMILES string of the molecule is Cc1ccc(NC(=O)c2ccc(=O)n(CCC(=O)Nc3cccc(F)c3)n2)cc1. The molecule has 2 aromatic carbocycles. The maximum Gasteiger partial charge on any atom is 0.276 e. The molecule has 0 radical (unpaired) electrons. The van der Waals surface area contributed by atoms with Crippen molar-refractivity contribution in [3.05, 3.63) is 88.1 Å². The Labute approximate surface area is 166 Å². The molecule has 1 aromatic heterocycles. The molecule has 3 rings (SSSR count). The zero-order chi connectivity index (χ0) is 20.8. The summed E-state index contributed by atoms with van der Waals surface area (Å²) in [4.78, 5) is 36.4. The van der Waals surface area contributed by atoms with Gasteiger partial charge in [-0.25, -0.2) is 9.07 Å². The molecular weight excluding hydrogens is 375 g/mol. The van der Waals surface area contributed by atoms with E-state index in [1.54, 1.807) is 18.2 Å². The predicted molar refractivity (Wildman–Crippen MR) is 107 cm³/mol. The van der Waals surface area contributed by atoms with E-state index in [1.807, 2.05) is 19.1 Å². The van der Waals surface area contributed by atoms with Crippen molar-refractivity contribution < 1.29 is 14.0 Å². The van der Waals surface area contributed by atoms with Crippen molar-refractivity contribution >= 4 is 23.2 Å². The molecule has 0 fully saturated rings. The number of hydrogen-bond acceptors (Lipinski definition) is 4. The molecule has 1 heterocycles. The van der Waals surface area contributed by atoms with Crippen LogP contribution in [0.25, 0.3) is 0 Å². The molecule has 0 unspecified atom stereocenters. The highest BCUT2D eigenvalue weighted by molar-refractivity contribution is 6.02. The third-order valence-electron chi connectivity index (χ3n) is 4.07. The molecule has 0 aliphatic heterocycles. The fourth-order valence-electron chi connectivity index (χ4n) is 2.56. The number of carbonyl (C=O) groups is 2. The van der Waals surface area contributed by atoms with Crippen LogP contribution in [-0.4, -0.2) is 21.6 Å². The van der Waals surface area contributed by atoms with Gasteiger partial charge in [0.2, 0.25) is 5.91 Å². The first-order valence-corrected chi connectivity index (χ1v) is 8.92. The van der Waals surface area contributed by atoms with E-state index < -0.39 is 23.2 Å². The molecule has 3 aromatic rings. The number of carbonyl (C=O) groups excluding carboxylic acids is 2. The molecule has 0 atom stereocenters. The van der Waals surface area contributed by atoms with Crippen molar-refractivity contribution in [1.82, 2.24) is 9.78 Å². The first-order valence-electron chi connectivity index (χ1n) is 8.92. The predicted octanol–water partition coefficient (Wildman–Crippen LogP) is 2.97. The second-order valence-electron chi connectivity index (χ2n) is 6.41. The molecule has 2 N–H and O–H groups in total. The summed E-state index contributed by atoms with van der Waals surface area (Å²) in [5.41, 5.74) is 1.61. The maximum absolute atomic E-state index is 13.2. The average Bonchev–Trinajstić information content (AvgIpc) is 2.69. The van der Waals surface area contributed by atoms with Gasteiger partial charge in [0, 0.05) is 23.9 Å². The lowest BCUT2D eigenvalue weighted by atomic mass is 10.2. The summed E-state index contributed by atoms with van der Waals surface area (Å²) in [7, 11) is 0. The van der Waals surface area contributed by atoms with E-state index in [0.717, 1.165) is 10.2 Å². The van der Waals surface area contributed by atoms with E-state index in [4.69, 9.17) is 0 Å². The van der Waals surface area contributed by atoms with E-state index in [-0.39, 0.29) is 18.7 Å². The van der Waals surface area contributed by atoms with Crippen molar-refractivity contribution in [2.45, 2.75) is 19.9 Å². The minimum Gasteiger partial charge on any atom is -0.326 e. The smallest absolute Gasteiger partial charge is 0.276 e. The van der Waals surface area contributed by atoms with Crippen LogP contribution in [0.15, 0.2) is 65.5 Å². The molecule has 0 spiro atoms. The van der Waals surface area contributed by atoms with Gasteiger partial charge in [-0.05, 0) is 43.3 Å². The zero-order valence-electron chi connectivity index (χ0n) is 15.7. The quantitative estimate of drug-likeness (QED) is 0.672. The van der Waals surface area contributed by atoms with E-state index >= 15 is 0 Å². The first-order chi connectivity index (χ1) is 13.9. The Kier molecular flexibility index (Phi) is 6.13. The fourth-order valence-corrected chi connectivity index (χ4v) is 2.56. The molecule has 2 amide bonds. The Morgan fingerprint density at radius 1 is 1.00 bits per heavy atom. The number of hydrogen-bond donors (Lipinski definition) is 2. The third kappa shape index (κ3) is 5.58. The Balaban J connectivity index is 1.64. The van der Waals surface area contributed by atoms with Crippen LogP contribution < -0.4 is 16.2 Å². The summed E-state index contributed by atoms with van der Waals surface area (Å²) in [6.45, 7) is 1.92. The largest absolute Gasteiger partial charge is 0.326 e. The van der Waals surface area contributed by atoms with Crippen LogP contribution in [0.4, 0.5) is 15.8 Å². The average molecular weight is 394 g/mol. The van der Waals surface area contributed by atoms with Gasteiger partial charge < -0.3 is 10.6 Å². The number of nitrogens with zero attached hydrogens (tertiary/aromatic N) is 2. The highest BCUT2D eigenvalue weighted by atomic mass is 19.1. The molecule has 8 heteroatoms. The van der Waals surface area contributed by atoms with Gasteiger partial charge in [0.1, 0.15) is 11.5 Å². The molecule has 148 valence electrons. The highest BCUT2D eigenvalue weighted by Crippen LogP contribution is 2.11. The third-order valence-corrected chi connectivity index (χ3v) is 4.07. The van der Waals surface area contributed by atoms with E-state index in [0.29, 0.717) is 11.4 Å².